The summed E-state index contributed by atoms with van der Waals surface area (Å²) < 4.78 is 2.14. The third kappa shape index (κ3) is 3.52. The van der Waals surface area contributed by atoms with Gasteiger partial charge in [0.05, 0.1) is 5.56 Å². The predicted molar refractivity (Wildman–Crippen MR) is 103 cm³/mol. The molecule has 138 valence electrons. The van der Waals surface area contributed by atoms with Crippen LogP contribution in [0.3, 0.4) is 0 Å². The molecule has 5 heteroatoms. The van der Waals surface area contributed by atoms with Crippen LogP contribution >= 0.6 is 0 Å². The van der Waals surface area contributed by atoms with Gasteiger partial charge >= 0.3 is 0 Å². The number of aryl methyl sites for hydroxylation is 2. The van der Waals surface area contributed by atoms with Crippen molar-refractivity contribution in [2.75, 3.05) is 26.2 Å². The first-order chi connectivity index (χ1) is 12.4. The summed E-state index contributed by atoms with van der Waals surface area (Å²) in [7, 11) is 0. The Kier molecular flexibility index (Phi) is 5.16. The van der Waals surface area contributed by atoms with Crippen LogP contribution in [0.2, 0.25) is 0 Å². The maximum atomic E-state index is 13.1. The zero-order chi connectivity index (χ0) is 18.8. The highest BCUT2D eigenvalue weighted by Gasteiger charge is 2.24. The highest BCUT2D eigenvalue weighted by molar-refractivity contribution is 5.96. The van der Waals surface area contributed by atoms with Crippen molar-refractivity contribution in [1.29, 1.82) is 0 Å². The summed E-state index contributed by atoms with van der Waals surface area (Å²) in [5.41, 5.74) is 5.04. The lowest BCUT2D eigenvalue weighted by Gasteiger charge is -2.21. The number of hydrogen-bond donors (Lipinski definition) is 0. The summed E-state index contributed by atoms with van der Waals surface area (Å²) >= 11 is 0. The van der Waals surface area contributed by atoms with Crippen LogP contribution in [0, 0.1) is 20.8 Å². The summed E-state index contributed by atoms with van der Waals surface area (Å²) in [5, 5.41) is 0. The Morgan fingerprint density at radius 3 is 2.31 bits per heavy atom. The van der Waals surface area contributed by atoms with Gasteiger partial charge in [0.1, 0.15) is 0 Å². The van der Waals surface area contributed by atoms with Crippen LogP contribution in [0.4, 0.5) is 0 Å². The molecule has 0 bridgehead atoms. The number of amides is 2. The Bertz CT molecular complexity index is 838. The fraction of sp³-hybridized carbons (Fsp3) is 0.429. The Labute approximate surface area is 155 Å². The molecule has 1 aromatic carbocycles. The average Bonchev–Trinajstić information content (AvgIpc) is 2.77. The molecule has 0 radical (unpaired) electrons. The Balaban J connectivity index is 1.87. The van der Waals surface area contributed by atoms with Gasteiger partial charge in [-0.25, -0.2) is 0 Å². The van der Waals surface area contributed by atoms with E-state index in [4.69, 9.17) is 0 Å². The van der Waals surface area contributed by atoms with Crippen LogP contribution in [-0.2, 0) is 4.79 Å². The molecule has 2 amide bonds. The first kappa shape index (κ1) is 18.2. The molecule has 2 heterocycles. The van der Waals surface area contributed by atoms with Crippen LogP contribution in [0.5, 0.6) is 0 Å². The molecule has 0 spiro atoms. The van der Waals surface area contributed by atoms with E-state index in [0.29, 0.717) is 19.6 Å². The van der Waals surface area contributed by atoms with Gasteiger partial charge in [0.25, 0.3) is 5.91 Å². The second-order valence-electron chi connectivity index (χ2n) is 7.11. The SMILES string of the molecule is CC(=O)N1CCCN(C(=O)c2cc(C)n(-c3cccc(C)c3)c2C)CC1. The predicted octanol–water partition coefficient (Wildman–Crippen LogP) is 3.10. The Morgan fingerprint density at radius 2 is 1.62 bits per heavy atom. The summed E-state index contributed by atoms with van der Waals surface area (Å²) in [5.74, 6) is 0.138. The number of nitrogens with zero attached hydrogens (tertiary/aromatic N) is 3. The minimum absolute atomic E-state index is 0.0578. The molecular weight excluding hydrogens is 326 g/mol. The molecule has 1 aromatic heterocycles. The number of benzene rings is 1. The molecule has 1 aliphatic heterocycles. The lowest BCUT2D eigenvalue weighted by molar-refractivity contribution is -0.128. The summed E-state index contributed by atoms with van der Waals surface area (Å²) in [6.07, 6.45) is 0.821. The zero-order valence-electron chi connectivity index (χ0n) is 16.1. The Hall–Kier alpha value is -2.56. The second kappa shape index (κ2) is 7.36. The van der Waals surface area contributed by atoms with E-state index in [-0.39, 0.29) is 11.8 Å². The molecule has 5 nitrogen and oxygen atoms in total. The third-order valence-electron chi connectivity index (χ3n) is 5.15. The van der Waals surface area contributed by atoms with Crippen molar-refractivity contribution >= 4 is 11.8 Å². The van der Waals surface area contributed by atoms with Gasteiger partial charge in [0.2, 0.25) is 5.91 Å². The minimum atomic E-state index is 0.0578. The maximum absolute atomic E-state index is 13.1. The minimum Gasteiger partial charge on any atom is -0.341 e. The van der Waals surface area contributed by atoms with Gasteiger partial charge in [-0.2, -0.15) is 0 Å². The molecule has 1 saturated heterocycles. The second-order valence-corrected chi connectivity index (χ2v) is 7.11. The summed E-state index contributed by atoms with van der Waals surface area (Å²) in [4.78, 5) is 28.4. The molecule has 0 atom stereocenters. The van der Waals surface area contributed by atoms with Crippen LogP contribution in [0.15, 0.2) is 30.3 Å². The van der Waals surface area contributed by atoms with Gasteiger partial charge in [-0.15, -0.1) is 0 Å². The smallest absolute Gasteiger partial charge is 0.255 e. The van der Waals surface area contributed by atoms with Gasteiger partial charge in [-0.05, 0) is 51.0 Å². The normalized spacial score (nSPS) is 15.1. The number of carbonyl (C=O) groups is 2. The van der Waals surface area contributed by atoms with Crippen LogP contribution in [0.25, 0.3) is 5.69 Å². The topological polar surface area (TPSA) is 45.6 Å². The van der Waals surface area contributed by atoms with Crippen molar-refractivity contribution in [2.24, 2.45) is 0 Å². The summed E-state index contributed by atoms with van der Waals surface area (Å²) in [6.45, 7) is 10.3. The van der Waals surface area contributed by atoms with Gasteiger partial charge in [-0.3, -0.25) is 9.59 Å². The standard InChI is InChI=1S/C21H27N3O2/c1-15-7-5-8-19(13-15)24-16(2)14-20(17(24)3)21(26)23-10-6-9-22(11-12-23)18(4)25/h5,7-8,13-14H,6,9-12H2,1-4H3. The molecule has 0 N–H and O–H groups in total. The maximum Gasteiger partial charge on any atom is 0.255 e. The van der Waals surface area contributed by atoms with Gasteiger partial charge in [-0.1, -0.05) is 12.1 Å². The van der Waals surface area contributed by atoms with Crippen LogP contribution < -0.4 is 0 Å². The van der Waals surface area contributed by atoms with Crippen molar-refractivity contribution < 1.29 is 9.59 Å². The van der Waals surface area contributed by atoms with E-state index >= 15 is 0 Å². The van der Waals surface area contributed by atoms with Crippen molar-refractivity contribution in [1.82, 2.24) is 14.4 Å². The molecule has 0 saturated carbocycles. The van der Waals surface area contributed by atoms with Crippen molar-refractivity contribution in [2.45, 2.75) is 34.1 Å². The van der Waals surface area contributed by atoms with E-state index in [1.54, 1.807) is 6.92 Å². The molecule has 26 heavy (non-hydrogen) atoms. The van der Waals surface area contributed by atoms with Crippen molar-refractivity contribution in [3.05, 3.63) is 52.8 Å². The van der Waals surface area contributed by atoms with Gasteiger partial charge in [0.15, 0.2) is 0 Å². The monoisotopic (exact) mass is 353 g/mol. The van der Waals surface area contributed by atoms with E-state index in [2.05, 4.69) is 29.7 Å². The number of rotatable bonds is 2. The quantitative estimate of drug-likeness (QED) is 0.833. The molecule has 3 rings (SSSR count). The van der Waals surface area contributed by atoms with Gasteiger partial charge < -0.3 is 14.4 Å². The number of hydrogen-bond acceptors (Lipinski definition) is 2. The van der Waals surface area contributed by atoms with E-state index in [1.807, 2.05) is 35.8 Å². The molecule has 0 aliphatic carbocycles. The van der Waals surface area contributed by atoms with E-state index in [1.165, 1.54) is 5.56 Å². The lowest BCUT2D eigenvalue weighted by Crippen LogP contribution is -2.36. The van der Waals surface area contributed by atoms with Gasteiger partial charge in [0, 0.05) is 50.2 Å². The molecule has 1 fully saturated rings. The zero-order valence-corrected chi connectivity index (χ0v) is 16.1. The molecule has 0 unspecified atom stereocenters. The van der Waals surface area contributed by atoms with E-state index in [0.717, 1.165) is 35.6 Å². The van der Waals surface area contributed by atoms with Crippen LogP contribution in [0.1, 0.15) is 40.7 Å². The highest BCUT2D eigenvalue weighted by atomic mass is 16.2. The molecule has 2 aromatic rings. The third-order valence-corrected chi connectivity index (χ3v) is 5.15. The molecule has 1 aliphatic rings. The summed E-state index contributed by atoms with van der Waals surface area (Å²) in [6, 6.07) is 10.3. The first-order valence-electron chi connectivity index (χ1n) is 9.19. The first-order valence-corrected chi connectivity index (χ1v) is 9.19. The van der Waals surface area contributed by atoms with Crippen LogP contribution in [-0.4, -0.2) is 52.4 Å². The average molecular weight is 353 g/mol. The highest BCUT2D eigenvalue weighted by Crippen LogP contribution is 2.23. The van der Waals surface area contributed by atoms with Crippen molar-refractivity contribution in [3.63, 3.8) is 0 Å². The number of aromatic nitrogens is 1. The molecular formula is C21H27N3O2. The Morgan fingerprint density at radius 1 is 0.923 bits per heavy atom. The largest absolute Gasteiger partial charge is 0.341 e. The fourth-order valence-corrected chi connectivity index (χ4v) is 3.75. The fourth-order valence-electron chi connectivity index (χ4n) is 3.75. The number of carbonyl (C=O) groups excluding carboxylic acids is 2. The van der Waals surface area contributed by atoms with E-state index in [9.17, 15) is 9.59 Å². The lowest BCUT2D eigenvalue weighted by atomic mass is 10.2. The van der Waals surface area contributed by atoms with E-state index < -0.39 is 0 Å². The van der Waals surface area contributed by atoms with Crippen molar-refractivity contribution in [3.8, 4) is 5.69 Å².